The van der Waals surface area contributed by atoms with E-state index in [1.807, 2.05) is 6.92 Å². The van der Waals surface area contributed by atoms with Crippen LogP contribution < -0.4 is 4.72 Å². The van der Waals surface area contributed by atoms with E-state index in [-0.39, 0.29) is 17.7 Å². The van der Waals surface area contributed by atoms with E-state index in [0.717, 1.165) is 6.42 Å². The number of rotatable bonds is 6. The summed E-state index contributed by atoms with van der Waals surface area (Å²) < 4.78 is 25.7. The molecule has 0 aliphatic heterocycles. The zero-order valence-corrected chi connectivity index (χ0v) is 10.3. The second-order valence-corrected chi connectivity index (χ2v) is 6.21. The quantitative estimate of drug-likeness (QED) is 0.734. The maximum atomic E-state index is 11.6. The Kier molecular flexibility index (Phi) is 4.73. The zero-order chi connectivity index (χ0) is 12.2. The molecule has 94 valence electrons. The summed E-state index contributed by atoms with van der Waals surface area (Å²) in [6, 6.07) is -0.192. The van der Waals surface area contributed by atoms with Gasteiger partial charge in [-0.25, -0.2) is 13.1 Å². The first kappa shape index (κ1) is 13.4. The molecule has 2 atom stereocenters. The largest absolute Gasteiger partial charge is 0.481 e. The lowest BCUT2D eigenvalue weighted by atomic mass is 10.1. The molecule has 0 aromatic carbocycles. The van der Waals surface area contributed by atoms with Gasteiger partial charge in [0.1, 0.15) is 0 Å². The van der Waals surface area contributed by atoms with E-state index in [1.54, 1.807) is 0 Å². The summed E-state index contributed by atoms with van der Waals surface area (Å²) in [5.41, 5.74) is 0. The number of hydrogen-bond acceptors (Lipinski definition) is 3. The second kappa shape index (κ2) is 5.63. The lowest BCUT2D eigenvalue weighted by molar-refractivity contribution is -0.141. The molecule has 0 saturated heterocycles. The van der Waals surface area contributed by atoms with Crippen LogP contribution in [0.25, 0.3) is 0 Å². The van der Waals surface area contributed by atoms with Crippen molar-refractivity contribution < 1.29 is 18.3 Å². The third-order valence-electron chi connectivity index (χ3n) is 2.89. The van der Waals surface area contributed by atoms with Crippen LogP contribution in [-0.2, 0) is 14.8 Å². The Labute approximate surface area is 96.3 Å². The van der Waals surface area contributed by atoms with Crippen LogP contribution in [-0.4, -0.2) is 31.3 Å². The predicted octanol–water partition coefficient (Wildman–Crippen LogP) is 0.959. The van der Waals surface area contributed by atoms with Gasteiger partial charge in [0, 0.05) is 6.04 Å². The van der Waals surface area contributed by atoms with Gasteiger partial charge in [0.2, 0.25) is 10.0 Å². The van der Waals surface area contributed by atoms with Crippen molar-refractivity contribution in [1.82, 2.24) is 4.72 Å². The molecule has 1 rings (SSSR count). The number of carbonyl (C=O) groups is 1. The Balaban J connectivity index is 2.41. The second-order valence-electron chi connectivity index (χ2n) is 4.34. The molecule has 2 N–H and O–H groups in total. The van der Waals surface area contributed by atoms with E-state index >= 15 is 0 Å². The van der Waals surface area contributed by atoms with Crippen LogP contribution in [0.1, 0.15) is 39.0 Å². The fraction of sp³-hybridized carbons (Fsp3) is 0.900. The van der Waals surface area contributed by atoms with Gasteiger partial charge in [0.15, 0.2) is 0 Å². The van der Waals surface area contributed by atoms with E-state index in [1.165, 1.54) is 0 Å². The van der Waals surface area contributed by atoms with Gasteiger partial charge in [0.05, 0.1) is 11.7 Å². The first-order valence-electron chi connectivity index (χ1n) is 5.67. The zero-order valence-electron chi connectivity index (χ0n) is 9.48. The molecule has 1 fully saturated rings. The minimum atomic E-state index is -3.22. The standard InChI is InChI=1S/C10H19NO4S/c1-2-3-6-16(14,15)11-9-5-4-8(7-9)10(12)13/h8-9,11H,2-7H2,1H3,(H,12,13)/t8-,9+/m1/s1. The number of sulfonamides is 1. The number of unbranched alkanes of at least 4 members (excludes halogenated alkanes) is 1. The summed E-state index contributed by atoms with van der Waals surface area (Å²) in [6.07, 6.45) is 3.09. The Morgan fingerprint density at radius 2 is 2.12 bits per heavy atom. The maximum absolute atomic E-state index is 11.6. The van der Waals surface area contributed by atoms with Crippen molar-refractivity contribution >= 4 is 16.0 Å². The fourth-order valence-corrected chi connectivity index (χ4v) is 3.47. The van der Waals surface area contributed by atoms with Crippen LogP contribution in [0, 0.1) is 5.92 Å². The molecule has 6 heteroatoms. The topological polar surface area (TPSA) is 83.5 Å². The van der Waals surface area contributed by atoms with Crippen LogP contribution in [0.3, 0.4) is 0 Å². The molecule has 16 heavy (non-hydrogen) atoms. The molecule has 0 heterocycles. The molecule has 0 amide bonds. The Hall–Kier alpha value is -0.620. The lowest BCUT2D eigenvalue weighted by Gasteiger charge is -2.12. The minimum Gasteiger partial charge on any atom is -0.481 e. The van der Waals surface area contributed by atoms with Crippen LogP contribution in [0.4, 0.5) is 0 Å². The average Bonchev–Trinajstić information content (AvgIpc) is 2.62. The number of hydrogen-bond donors (Lipinski definition) is 2. The average molecular weight is 249 g/mol. The van der Waals surface area contributed by atoms with E-state index < -0.39 is 16.0 Å². The first-order chi connectivity index (χ1) is 7.44. The van der Waals surface area contributed by atoms with Gasteiger partial charge >= 0.3 is 5.97 Å². The van der Waals surface area contributed by atoms with Gasteiger partial charge in [-0.15, -0.1) is 0 Å². The SMILES string of the molecule is CCCCS(=O)(=O)N[C@H]1CC[C@@H](C(=O)O)C1. The summed E-state index contributed by atoms with van der Waals surface area (Å²) in [6.45, 7) is 1.94. The van der Waals surface area contributed by atoms with Crippen molar-refractivity contribution in [3.05, 3.63) is 0 Å². The molecular weight excluding hydrogens is 230 g/mol. The molecule has 0 aromatic rings. The normalized spacial score (nSPS) is 25.8. The summed E-state index contributed by atoms with van der Waals surface area (Å²) in [5, 5.41) is 8.79. The van der Waals surface area contributed by atoms with Crippen molar-refractivity contribution in [3.8, 4) is 0 Å². The lowest BCUT2D eigenvalue weighted by Crippen LogP contribution is -2.35. The summed E-state index contributed by atoms with van der Waals surface area (Å²) >= 11 is 0. The Morgan fingerprint density at radius 1 is 1.44 bits per heavy atom. The fourth-order valence-electron chi connectivity index (χ4n) is 1.96. The molecule has 1 aliphatic rings. The molecule has 0 radical (unpaired) electrons. The Morgan fingerprint density at radius 3 is 2.62 bits per heavy atom. The Bertz CT molecular complexity index is 339. The molecule has 0 aromatic heterocycles. The van der Waals surface area contributed by atoms with E-state index in [9.17, 15) is 13.2 Å². The maximum Gasteiger partial charge on any atom is 0.306 e. The summed E-state index contributed by atoms with van der Waals surface area (Å²) in [5.74, 6) is -1.08. The van der Waals surface area contributed by atoms with Gasteiger partial charge in [-0.3, -0.25) is 4.79 Å². The number of carboxylic acid groups (broad SMARTS) is 1. The first-order valence-corrected chi connectivity index (χ1v) is 7.32. The van der Waals surface area contributed by atoms with Crippen molar-refractivity contribution in [3.63, 3.8) is 0 Å². The molecular formula is C10H19NO4S. The molecule has 1 saturated carbocycles. The number of carboxylic acids is 1. The van der Waals surface area contributed by atoms with Gasteiger partial charge in [-0.2, -0.15) is 0 Å². The highest BCUT2D eigenvalue weighted by Gasteiger charge is 2.31. The highest BCUT2D eigenvalue weighted by atomic mass is 32.2. The van der Waals surface area contributed by atoms with Crippen LogP contribution in [0.5, 0.6) is 0 Å². The van der Waals surface area contributed by atoms with E-state index in [4.69, 9.17) is 5.11 Å². The van der Waals surface area contributed by atoms with E-state index in [0.29, 0.717) is 25.7 Å². The molecule has 0 spiro atoms. The van der Waals surface area contributed by atoms with Crippen molar-refractivity contribution in [2.45, 2.75) is 45.1 Å². The number of nitrogens with one attached hydrogen (secondary N) is 1. The number of aliphatic carboxylic acids is 1. The highest BCUT2D eigenvalue weighted by Crippen LogP contribution is 2.26. The third-order valence-corrected chi connectivity index (χ3v) is 4.41. The molecule has 1 aliphatic carbocycles. The van der Waals surface area contributed by atoms with Crippen LogP contribution in [0.15, 0.2) is 0 Å². The molecule has 0 bridgehead atoms. The highest BCUT2D eigenvalue weighted by molar-refractivity contribution is 7.89. The predicted molar refractivity (Wildman–Crippen MR) is 60.6 cm³/mol. The van der Waals surface area contributed by atoms with Gasteiger partial charge in [-0.1, -0.05) is 13.3 Å². The van der Waals surface area contributed by atoms with Gasteiger partial charge in [-0.05, 0) is 25.7 Å². The minimum absolute atomic E-state index is 0.137. The van der Waals surface area contributed by atoms with Gasteiger partial charge < -0.3 is 5.11 Å². The third kappa shape index (κ3) is 4.09. The van der Waals surface area contributed by atoms with Crippen molar-refractivity contribution in [2.24, 2.45) is 5.92 Å². The van der Waals surface area contributed by atoms with Crippen LogP contribution in [0.2, 0.25) is 0 Å². The summed E-state index contributed by atoms with van der Waals surface area (Å²) in [4.78, 5) is 10.7. The molecule has 5 nitrogen and oxygen atoms in total. The van der Waals surface area contributed by atoms with Crippen molar-refractivity contribution in [1.29, 1.82) is 0 Å². The smallest absolute Gasteiger partial charge is 0.306 e. The monoisotopic (exact) mass is 249 g/mol. The molecule has 0 unspecified atom stereocenters. The van der Waals surface area contributed by atoms with Gasteiger partial charge in [0.25, 0.3) is 0 Å². The van der Waals surface area contributed by atoms with Crippen LogP contribution >= 0.6 is 0 Å². The van der Waals surface area contributed by atoms with Crippen molar-refractivity contribution in [2.75, 3.05) is 5.75 Å². The van der Waals surface area contributed by atoms with E-state index in [2.05, 4.69) is 4.72 Å². The summed E-state index contributed by atoms with van der Waals surface area (Å²) in [7, 11) is -3.22.